The largest absolute Gasteiger partial charge is 0.482 e. The average Bonchev–Trinajstić information content (AvgIpc) is 3.11. The molecule has 0 spiro atoms. The summed E-state index contributed by atoms with van der Waals surface area (Å²) >= 11 is 0. The van der Waals surface area contributed by atoms with Gasteiger partial charge in [-0.1, -0.05) is 11.6 Å². The molecule has 2 aromatic rings. The number of carbonyl (C=O) groups excluding carboxylic acids is 2. The average molecular weight is 541 g/mol. The molecule has 0 aliphatic rings. The van der Waals surface area contributed by atoms with E-state index in [-0.39, 0.29) is 6.73 Å². The minimum atomic E-state index is -4.29. The molecule has 1 heterocycles. The molecule has 0 radical (unpaired) electrons. The number of aromatic nitrogens is 1. The van der Waals surface area contributed by atoms with Gasteiger partial charge in [0.15, 0.2) is 0 Å². The van der Waals surface area contributed by atoms with Gasteiger partial charge in [-0.3, -0.25) is 14.1 Å². The van der Waals surface area contributed by atoms with Gasteiger partial charge in [0.05, 0.1) is 16.3 Å². The Labute approximate surface area is 219 Å². The van der Waals surface area contributed by atoms with Crippen molar-refractivity contribution in [2.45, 2.75) is 61.6 Å². The van der Waals surface area contributed by atoms with Crippen molar-refractivity contribution in [2.75, 3.05) is 34.2 Å². The van der Waals surface area contributed by atoms with Gasteiger partial charge >= 0.3 is 19.8 Å². The predicted octanol–water partition coefficient (Wildman–Crippen LogP) is 5.26. The quantitative estimate of drug-likeness (QED) is 0.202. The molecule has 37 heavy (non-hydrogen) atoms. The van der Waals surface area contributed by atoms with Gasteiger partial charge in [-0.15, -0.1) is 0 Å². The number of ether oxygens (including phenoxy) is 2. The molecule has 11 heteroatoms. The number of esters is 2. The maximum atomic E-state index is 13.4. The van der Waals surface area contributed by atoms with E-state index < -0.39 is 44.2 Å². The second-order valence-electron chi connectivity index (χ2n) is 11.3. The van der Waals surface area contributed by atoms with Gasteiger partial charge in [0.2, 0.25) is 13.6 Å². The first kappa shape index (κ1) is 31.0. The number of hydrogen-bond donors (Lipinski definition) is 0. The Morgan fingerprint density at radius 1 is 0.919 bits per heavy atom. The van der Waals surface area contributed by atoms with Gasteiger partial charge < -0.3 is 18.9 Å². The maximum absolute atomic E-state index is 13.4. The van der Waals surface area contributed by atoms with Crippen molar-refractivity contribution in [2.24, 2.45) is 10.8 Å². The molecule has 0 N–H and O–H groups in total. The molecular weight excluding hydrogens is 499 g/mol. The Hall–Kier alpha value is -2.23. The molecule has 0 atom stereocenters. The van der Waals surface area contributed by atoms with Crippen LogP contribution in [0.4, 0.5) is 0 Å². The van der Waals surface area contributed by atoms with Crippen molar-refractivity contribution in [1.29, 1.82) is 0 Å². The summed E-state index contributed by atoms with van der Waals surface area (Å²) in [6.07, 6.45) is 2.76. The zero-order valence-corrected chi connectivity index (χ0v) is 24.3. The lowest BCUT2D eigenvalue weighted by molar-refractivity contribution is -0.163. The first-order valence-electron chi connectivity index (χ1n) is 12.1. The van der Waals surface area contributed by atoms with Gasteiger partial charge in [-0.05, 0) is 86.7 Å². The predicted molar refractivity (Wildman–Crippen MR) is 141 cm³/mol. The van der Waals surface area contributed by atoms with Crippen molar-refractivity contribution in [3.05, 3.63) is 35.5 Å². The Kier molecular flexibility index (Phi) is 10.5. The van der Waals surface area contributed by atoms with E-state index in [9.17, 15) is 14.2 Å². The molecule has 0 fully saturated rings. The van der Waals surface area contributed by atoms with Crippen LogP contribution in [0.3, 0.4) is 0 Å². The summed E-state index contributed by atoms with van der Waals surface area (Å²) in [6.45, 7) is 11.5. The number of fused-ring (bicyclic) bond motifs is 1. The van der Waals surface area contributed by atoms with E-state index in [0.717, 1.165) is 35.0 Å². The molecule has 10 nitrogen and oxygen atoms in total. The molecule has 1 aromatic carbocycles. The normalized spacial score (nSPS) is 12.8. The van der Waals surface area contributed by atoms with Crippen LogP contribution in [0, 0.1) is 17.8 Å². The monoisotopic (exact) mass is 540 g/mol. The Balaban J connectivity index is 2.20. The van der Waals surface area contributed by atoms with E-state index in [0.29, 0.717) is 0 Å². The number of benzene rings is 1. The molecule has 0 bridgehead atoms. The van der Waals surface area contributed by atoms with Crippen LogP contribution >= 0.6 is 7.82 Å². The van der Waals surface area contributed by atoms with Crippen LogP contribution in [0.5, 0.6) is 0 Å². The number of likely N-dealkylation sites (N-methyl/N-ethyl adjacent to an activating group) is 1. The third-order valence-corrected chi connectivity index (χ3v) is 6.60. The minimum absolute atomic E-state index is 0.167. The van der Waals surface area contributed by atoms with E-state index in [1.165, 1.54) is 0 Å². The molecule has 0 aliphatic heterocycles. The molecule has 2 rings (SSSR count). The fourth-order valence-corrected chi connectivity index (χ4v) is 3.95. The van der Waals surface area contributed by atoms with Crippen molar-refractivity contribution < 1.29 is 37.2 Å². The number of hydrogen-bond acceptors (Lipinski definition) is 9. The lowest BCUT2D eigenvalue weighted by atomic mass is 9.98. The third-order valence-electron chi connectivity index (χ3n) is 5.33. The second-order valence-corrected chi connectivity index (χ2v) is 12.9. The lowest BCUT2D eigenvalue weighted by Gasteiger charge is -2.21. The van der Waals surface area contributed by atoms with Crippen LogP contribution in [0.25, 0.3) is 10.9 Å². The number of nitrogens with zero attached hydrogens (tertiary/aromatic N) is 2. The van der Waals surface area contributed by atoms with Crippen molar-refractivity contribution in [3.8, 4) is 0 Å². The second kappa shape index (κ2) is 12.5. The fourth-order valence-electron chi connectivity index (χ4n) is 3.10. The van der Waals surface area contributed by atoms with Gasteiger partial charge in [-0.2, -0.15) is 0 Å². The molecule has 0 saturated carbocycles. The Morgan fingerprint density at radius 2 is 1.46 bits per heavy atom. The highest BCUT2D eigenvalue weighted by atomic mass is 31.2. The molecular formula is C26H41N2O8P. The molecule has 1 aromatic heterocycles. The Bertz CT molecular complexity index is 1090. The van der Waals surface area contributed by atoms with Crippen LogP contribution in [0.2, 0.25) is 0 Å². The van der Waals surface area contributed by atoms with E-state index in [4.69, 9.17) is 23.0 Å². The number of phosphoric acid groups is 1. The van der Waals surface area contributed by atoms with Crippen molar-refractivity contribution in [1.82, 2.24) is 9.47 Å². The van der Waals surface area contributed by atoms with E-state index in [2.05, 4.69) is 11.0 Å². The number of carbonyl (C=O) groups is 2. The van der Waals surface area contributed by atoms with Crippen LogP contribution in [-0.4, -0.2) is 55.6 Å². The molecule has 0 aliphatic carbocycles. The van der Waals surface area contributed by atoms with E-state index in [1.807, 2.05) is 43.9 Å². The molecule has 208 valence electrons. The summed E-state index contributed by atoms with van der Waals surface area (Å²) < 4.78 is 41.5. The van der Waals surface area contributed by atoms with E-state index >= 15 is 0 Å². The highest BCUT2D eigenvalue weighted by Crippen LogP contribution is 2.50. The highest BCUT2D eigenvalue weighted by Gasteiger charge is 2.32. The lowest BCUT2D eigenvalue weighted by Crippen LogP contribution is -2.25. The topological polar surface area (TPSA) is 106 Å². The van der Waals surface area contributed by atoms with Crippen LogP contribution < -0.4 is 0 Å². The van der Waals surface area contributed by atoms with Crippen molar-refractivity contribution >= 4 is 30.7 Å². The standard InChI is InChI=1S/C26H41N2O8P/c1-19-10-11-22-21(14-19)20(12-13-27(8)9)15-28(22)16-34-37(31,35-17-32-23(29)25(2,3)4)36-18-33-24(30)26(5,6)7/h10-11,14-15H,12-13,16-18H2,1-9H3. The first-order chi connectivity index (χ1) is 17.0. The summed E-state index contributed by atoms with van der Waals surface area (Å²) in [7, 11) is -0.272. The zero-order valence-electron chi connectivity index (χ0n) is 23.5. The van der Waals surface area contributed by atoms with Crippen LogP contribution in [0.15, 0.2) is 24.4 Å². The summed E-state index contributed by atoms with van der Waals surface area (Å²) in [5.74, 6) is -1.09. The SMILES string of the molecule is Cc1ccc2c(c1)c(CCN(C)C)cn2COP(=O)(OCOC(=O)C(C)(C)C)OCOC(=O)C(C)(C)C. The summed E-state index contributed by atoms with van der Waals surface area (Å²) in [5, 5.41) is 1.07. The highest BCUT2D eigenvalue weighted by molar-refractivity contribution is 7.48. The minimum Gasteiger partial charge on any atom is -0.437 e. The third kappa shape index (κ3) is 9.54. The maximum Gasteiger partial charge on any atom is 0.482 e. The van der Waals surface area contributed by atoms with Crippen LogP contribution in [-0.2, 0) is 50.4 Å². The van der Waals surface area contributed by atoms with Crippen LogP contribution in [0.1, 0.15) is 52.7 Å². The number of rotatable bonds is 12. The Morgan fingerprint density at radius 3 is 1.95 bits per heavy atom. The van der Waals surface area contributed by atoms with Crippen molar-refractivity contribution in [3.63, 3.8) is 0 Å². The first-order valence-corrected chi connectivity index (χ1v) is 13.6. The smallest absolute Gasteiger partial charge is 0.437 e. The number of aryl methyl sites for hydroxylation is 1. The summed E-state index contributed by atoms with van der Waals surface area (Å²) in [4.78, 5) is 26.3. The summed E-state index contributed by atoms with van der Waals surface area (Å²) in [6, 6.07) is 6.05. The fraction of sp³-hybridized carbons (Fsp3) is 0.615. The van der Waals surface area contributed by atoms with Gasteiger partial charge in [0.1, 0.15) is 6.73 Å². The van der Waals surface area contributed by atoms with Gasteiger partial charge in [0.25, 0.3) is 0 Å². The molecule has 0 amide bonds. The zero-order chi connectivity index (χ0) is 28.0. The van der Waals surface area contributed by atoms with E-state index in [1.54, 1.807) is 41.5 Å². The summed E-state index contributed by atoms with van der Waals surface area (Å²) in [5.41, 5.74) is 1.58. The number of phosphoric ester groups is 1. The molecule has 0 unspecified atom stereocenters. The molecule has 0 saturated heterocycles. The van der Waals surface area contributed by atoms with Gasteiger partial charge in [-0.25, -0.2) is 13.6 Å². The van der Waals surface area contributed by atoms with Gasteiger partial charge in [0, 0.05) is 18.1 Å².